The SMILES string of the molecule is CCn1c(C)cc(O)c([C@H](c2ccc(OC)c(OC)c2)N2CCN(c3ccccn3)CC2)c1=O. The molecule has 1 aliphatic heterocycles. The van der Waals surface area contributed by atoms with Crippen molar-refractivity contribution in [2.45, 2.75) is 26.4 Å². The Morgan fingerprint density at radius 3 is 2.38 bits per heavy atom. The summed E-state index contributed by atoms with van der Waals surface area (Å²) in [5.41, 5.74) is 1.81. The number of aromatic nitrogens is 2. The van der Waals surface area contributed by atoms with Crippen molar-refractivity contribution in [2.24, 2.45) is 0 Å². The van der Waals surface area contributed by atoms with Crippen molar-refractivity contribution in [3.8, 4) is 17.2 Å². The van der Waals surface area contributed by atoms with Gasteiger partial charge in [-0.2, -0.15) is 0 Å². The molecule has 3 heterocycles. The highest BCUT2D eigenvalue weighted by atomic mass is 16.5. The van der Waals surface area contributed by atoms with Crippen molar-refractivity contribution >= 4 is 5.82 Å². The Balaban J connectivity index is 1.77. The molecule has 180 valence electrons. The zero-order valence-electron chi connectivity index (χ0n) is 20.2. The van der Waals surface area contributed by atoms with Crippen molar-refractivity contribution < 1.29 is 14.6 Å². The Morgan fingerprint density at radius 1 is 1.03 bits per heavy atom. The van der Waals surface area contributed by atoms with Crippen LogP contribution in [0.15, 0.2) is 53.5 Å². The van der Waals surface area contributed by atoms with Gasteiger partial charge in [-0.25, -0.2) is 4.98 Å². The van der Waals surface area contributed by atoms with E-state index in [0.29, 0.717) is 36.7 Å². The van der Waals surface area contributed by atoms with E-state index in [1.807, 2.05) is 50.2 Å². The third-order valence-electron chi connectivity index (χ3n) is 6.49. The fraction of sp³-hybridized carbons (Fsp3) is 0.385. The average molecular weight is 465 g/mol. The van der Waals surface area contributed by atoms with Gasteiger partial charge in [-0.3, -0.25) is 9.69 Å². The van der Waals surface area contributed by atoms with Gasteiger partial charge >= 0.3 is 0 Å². The second-order valence-electron chi connectivity index (χ2n) is 8.36. The zero-order valence-corrected chi connectivity index (χ0v) is 20.2. The zero-order chi connectivity index (χ0) is 24.2. The highest BCUT2D eigenvalue weighted by Gasteiger charge is 2.32. The molecule has 0 unspecified atom stereocenters. The molecule has 4 rings (SSSR count). The first-order valence-electron chi connectivity index (χ1n) is 11.5. The first-order chi connectivity index (χ1) is 16.5. The maximum absolute atomic E-state index is 13.6. The van der Waals surface area contributed by atoms with E-state index in [-0.39, 0.29) is 11.3 Å². The van der Waals surface area contributed by atoms with E-state index in [0.717, 1.165) is 30.2 Å². The van der Waals surface area contributed by atoms with Crippen molar-refractivity contribution in [3.63, 3.8) is 0 Å². The normalized spacial score (nSPS) is 15.2. The summed E-state index contributed by atoms with van der Waals surface area (Å²) in [6.07, 6.45) is 1.80. The highest BCUT2D eigenvalue weighted by molar-refractivity contribution is 5.48. The lowest BCUT2D eigenvalue weighted by atomic mass is 9.95. The molecule has 0 radical (unpaired) electrons. The number of aromatic hydroxyl groups is 1. The fourth-order valence-electron chi connectivity index (χ4n) is 4.75. The van der Waals surface area contributed by atoms with Crippen LogP contribution in [0.1, 0.15) is 29.8 Å². The van der Waals surface area contributed by atoms with Crippen LogP contribution >= 0.6 is 0 Å². The molecular formula is C26H32N4O4. The Morgan fingerprint density at radius 2 is 1.76 bits per heavy atom. The van der Waals surface area contributed by atoms with E-state index in [9.17, 15) is 9.90 Å². The van der Waals surface area contributed by atoms with Crippen LogP contribution in [-0.4, -0.2) is 60.0 Å². The molecule has 0 saturated carbocycles. The number of methoxy groups -OCH3 is 2. The molecular weight excluding hydrogens is 432 g/mol. The van der Waals surface area contributed by atoms with Gasteiger partial charge in [-0.1, -0.05) is 12.1 Å². The molecule has 34 heavy (non-hydrogen) atoms. The molecule has 0 bridgehead atoms. The van der Waals surface area contributed by atoms with Crippen LogP contribution in [0.2, 0.25) is 0 Å². The number of hydrogen-bond acceptors (Lipinski definition) is 7. The van der Waals surface area contributed by atoms with Gasteiger partial charge in [0.05, 0.1) is 25.8 Å². The van der Waals surface area contributed by atoms with Gasteiger partial charge in [0.2, 0.25) is 0 Å². The average Bonchev–Trinajstić information content (AvgIpc) is 2.87. The molecule has 0 amide bonds. The van der Waals surface area contributed by atoms with Gasteiger partial charge in [-0.15, -0.1) is 0 Å². The summed E-state index contributed by atoms with van der Waals surface area (Å²) in [6.45, 7) is 7.23. The molecule has 1 aliphatic rings. The molecule has 8 heteroatoms. The van der Waals surface area contributed by atoms with Crippen LogP contribution in [-0.2, 0) is 6.54 Å². The highest BCUT2D eigenvalue weighted by Crippen LogP contribution is 2.37. The van der Waals surface area contributed by atoms with Crippen LogP contribution in [0, 0.1) is 6.92 Å². The van der Waals surface area contributed by atoms with E-state index >= 15 is 0 Å². The van der Waals surface area contributed by atoms with Crippen LogP contribution in [0.25, 0.3) is 0 Å². The molecule has 3 aromatic rings. The molecule has 0 aliphatic carbocycles. The number of ether oxygens (including phenoxy) is 2. The summed E-state index contributed by atoms with van der Waals surface area (Å²) in [4.78, 5) is 22.5. The standard InChI is InChI=1S/C26H32N4O4/c1-5-30-18(2)16-20(31)24(26(30)32)25(19-9-10-21(33-3)22(17-19)34-4)29-14-12-28(13-15-29)23-8-6-7-11-27-23/h6-11,16-17,25,31H,5,12-15H2,1-4H3/t25-/m0/s1. The van der Waals surface area contributed by atoms with E-state index in [4.69, 9.17) is 9.47 Å². The van der Waals surface area contributed by atoms with Crippen LogP contribution < -0.4 is 19.9 Å². The lowest BCUT2D eigenvalue weighted by molar-refractivity contribution is 0.206. The van der Waals surface area contributed by atoms with Gasteiger partial charge < -0.3 is 24.0 Å². The lowest BCUT2D eigenvalue weighted by Gasteiger charge is -2.40. The maximum atomic E-state index is 13.6. The topological polar surface area (TPSA) is 80.1 Å². The summed E-state index contributed by atoms with van der Waals surface area (Å²) < 4.78 is 12.7. The minimum Gasteiger partial charge on any atom is -0.507 e. The quantitative estimate of drug-likeness (QED) is 0.575. The number of rotatable bonds is 7. The molecule has 1 saturated heterocycles. The van der Waals surface area contributed by atoms with Crippen LogP contribution in [0.5, 0.6) is 17.2 Å². The minimum atomic E-state index is -0.434. The van der Waals surface area contributed by atoms with Gasteiger partial charge in [0.25, 0.3) is 5.56 Å². The Hall–Kier alpha value is -3.52. The molecule has 1 atom stereocenters. The summed E-state index contributed by atoms with van der Waals surface area (Å²) >= 11 is 0. The predicted octanol–water partition coefficient (Wildman–Crippen LogP) is 3.21. The molecule has 1 aromatic carbocycles. The largest absolute Gasteiger partial charge is 0.507 e. The maximum Gasteiger partial charge on any atom is 0.259 e. The Bertz CT molecular complexity index is 1190. The monoisotopic (exact) mass is 464 g/mol. The third-order valence-corrected chi connectivity index (χ3v) is 6.49. The predicted molar refractivity (Wildman–Crippen MR) is 132 cm³/mol. The summed E-state index contributed by atoms with van der Waals surface area (Å²) in [5.74, 6) is 2.15. The van der Waals surface area contributed by atoms with E-state index in [1.54, 1.807) is 31.0 Å². The fourth-order valence-corrected chi connectivity index (χ4v) is 4.75. The second-order valence-corrected chi connectivity index (χ2v) is 8.36. The number of aryl methyl sites for hydroxylation is 1. The summed E-state index contributed by atoms with van der Waals surface area (Å²) in [5, 5.41) is 11.0. The van der Waals surface area contributed by atoms with E-state index < -0.39 is 6.04 Å². The lowest BCUT2D eigenvalue weighted by Crippen LogP contribution is -2.49. The van der Waals surface area contributed by atoms with Gasteiger partial charge in [0.1, 0.15) is 11.6 Å². The number of piperazine rings is 1. The van der Waals surface area contributed by atoms with Gasteiger partial charge in [-0.05, 0) is 49.7 Å². The number of pyridine rings is 2. The van der Waals surface area contributed by atoms with Crippen LogP contribution in [0.4, 0.5) is 5.82 Å². The smallest absolute Gasteiger partial charge is 0.259 e. The number of nitrogens with zero attached hydrogens (tertiary/aromatic N) is 4. The van der Waals surface area contributed by atoms with Gasteiger partial charge in [0.15, 0.2) is 11.5 Å². The number of anilines is 1. The summed E-state index contributed by atoms with van der Waals surface area (Å²) in [7, 11) is 3.19. The Labute approximate surface area is 200 Å². The van der Waals surface area contributed by atoms with Crippen molar-refractivity contribution in [2.75, 3.05) is 45.3 Å². The Kier molecular flexibility index (Phi) is 7.07. The molecule has 2 aromatic heterocycles. The number of benzene rings is 1. The molecule has 0 spiro atoms. The van der Waals surface area contributed by atoms with Crippen molar-refractivity contribution in [1.82, 2.24) is 14.5 Å². The first-order valence-corrected chi connectivity index (χ1v) is 11.5. The molecule has 1 fully saturated rings. The van der Waals surface area contributed by atoms with Crippen molar-refractivity contribution in [3.05, 3.63) is 75.8 Å². The van der Waals surface area contributed by atoms with E-state index in [1.165, 1.54) is 0 Å². The first kappa shape index (κ1) is 23.6. The van der Waals surface area contributed by atoms with Crippen LogP contribution in [0.3, 0.4) is 0 Å². The minimum absolute atomic E-state index is 0.0131. The molecule has 1 N–H and O–H groups in total. The van der Waals surface area contributed by atoms with E-state index in [2.05, 4.69) is 14.8 Å². The second kappa shape index (κ2) is 10.2. The number of hydrogen-bond donors (Lipinski definition) is 1. The molecule has 8 nitrogen and oxygen atoms in total. The van der Waals surface area contributed by atoms with Gasteiger partial charge in [0, 0.05) is 44.6 Å². The third kappa shape index (κ3) is 4.46. The van der Waals surface area contributed by atoms with Crippen molar-refractivity contribution in [1.29, 1.82) is 0 Å². The summed E-state index contributed by atoms with van der Waals surface area (Å²) in [6, 6.07) is 12.8.